The van der Waals surface area contributed by atoms with Gasteiger partial charge in [0.05, 0.1) is 0 Å². The molecule has 0 saturated carbocycles. The normalized spacial score (nSPS) is 10.1. The van der Waals surface area contributed by atoms with Gasteiger partial charge in [-0.25, -0.2) is 0 Å². The number of nitrogens with one attached hydrogen (secondary N) is 1. The van der Waals surface area contributed by atoms with Crippen molar-refractivity contribution in [1.82, 2.24) is 0 Å². The molecule has 0 aliphatic carbocycles. The molecule has 2 nitrogen and oxygen atoms in total. The Morgan fingerprint density at radius 2 is 1.90 bits per heavy atom. The molecule has 0 unspecified atom stereocenters. The van der Waals surface area contributed by atoms with Gasteiger partial charge in [-0.05, 0) is 24.0 Å². The van der Waals surface area contributed by atoms with Crippen LogP contribution >= 0.6 is 11.8 Å². The fourth-order valence-electron chi connectivity index (χ4n) is 2.02. The van der Waals surface area contributed by atoms with Crippen molar-refractivity contribution in [3.63, 3.8) is 0 Å². The summed E-state index contributed by atoms with van der Waals surface area (Å²) in [7, 11) is 0. The molecule has 0 saturated heterocycles. The lowest BCUT2D eigenvalue weighted by Gasteiger charge is -2.14. The summed E-state index contributed by atoms with van der Waals surface area (Å²) in [6, 6.07) is 16.5. The first-order valence-corrected chi connectivity index (χ1v) is 8.11. The van der Waals surface area contributed by atoms with Crippen LogP contribution in [0.4, 0.5) is 5.69 Å². The van der Waals surface area contributed by atoms with E-state index in [0.717, 1.165) is 23.6 Å². The predicted octanol–water partition coefficient (Wildman–Crippen LogP) is 4.98. The molecule has 3 heteroatoms. The van der Waals surface area contributed by atoms with E-state index < -0.39 is 0 Å². The molecule has 0 aliphatic heterocycles. The van der Waals surface area contributed by atoms with E-state index in [4.69, 9.17) is 4.74 Å². The highest BCUT2D eigenvalue weighted by Gasteiger charge is 2.05. The zero-order valence-electron chi connectivity index (χ0n) is 12.3. The average molecular weight is 299 g/mol. The van der Waals surface area contributed by atoms with Crippen LogP contribution in [-0.2, 0) is 6.54 Å². The van der Waals surface area contributed by atoms with Crippen LogP contribution < -0.4 is 10.1 Å². The Morgan fingerprint density at radius 1 is 1.14 bits per heavy atom. The lowest BCUT2D eigenvalue weighted by Crippen LogP contribution is -2.04. The van der Waals surface area contributed by atoms with Crippen molar-refractivity contribution >= 4 is 17.4 Å². The van der Waals surface area contributed by atoms with E-state index in [1.165, 1.54) is 10.6 Å². The topological polar surface area (TPSA) is 21.3 Å². The highest BCUT2D eigenvalue weighted by atomic mass is 32.2. The van der Waals surface area contributed by atoms with Crippen molar-refractivity contribution in [2.45, 2.75) is 18.4 Å². The van der Waals surface area contributed by atoms with Gasteiger partial charge in [0, 0.05) is 22.7 Å². The number of thioether (sulfide) groups is 1. The van der Waals surface area contributed by atoms with Crippen molar-refractivity contribution < 1.29 is 4.74 Å². The number of rotatable bonds is 8. The van der Waals surface area contributed by atoms with Crippen LogP contribution in [-0.4, -0.2) is 12.4 Å². The third-order valence-electron chi connectivity index (χ3n) is 2.99. The van der Waals surface area contributed by atoms with Crippen LogP contribution in [0.15, 0.2) is 66.1 Å². The standard InChI is InChI=1S/C18H21NOS/c1-3-13-20-17-11-7-5-9-15(17)14-19-16-10-6-8-12-18(16)21-4-2/h3,5-12,19H,1,4,13-14H2,2H3. The molecule has 2 aromatic rings. The van der Waals surface area contributed by atoms with Crippen molar-refractivity contribution in [3.8, 4) is 5.75 Å². The quantitative estimate of drug-likeness (QED) is 0.549. The van der Waals surface area contributed by atoms with Crippen LogP contribution in [0.5, 0.6) is 5.75 Å². The Kier molecular flexibility index (Phi) is 6.22. The van der Waals surface area contributed by atoms with Crippen LogP contribution in [0, 0.1) is 0 Å². The van der Waals surface area contributed by atoms with E-state index in [2.05, 4.69) is 49.2 Å². The van der Waals surface area contributed by atoms with E-state index in [9.17, 15) is 0 Å². The average Bonchev–Trinajstić information content (AvgIpc) is 2.53. The van der Waals surface area contributed by atoms with Crippen LogP contribution in [0.25, 0.3) is 0 Å². The summed E-state index contributed by atoms with van der Waals surface area (Å²) in [6.07, 6.45) is 1.76. The number of anilines is 1. The molecule has 0 aromatic heterocycles. The van der Waals surface area contributed by atoms with Crippen LogP contribution in [0.3, 0.4) is 0 Å². The van der Waals surface area contributed by atoms with Crippen molar-refractivity contribution in [1.29, 1.82) is 0 Å². The Labute approximate surface area is 131 Å². The maximum atomic E-state index is 5.69. The zero-order chi connectivity index (χ0) is 14.9. The van der Waals surface area contributed by atoms with E-state index in [1.807, 2.05) is 30.0 Å². The zero-order valence-corrected chi connectivity index (χ0v) is 13.2. The van der Waals surface area contributed by atoms with Gasteiger partial charge in [0.25, 0.3) is 0 Å². The third kappa shape index (κ3) is 4.57. The van der Waals surface area contributed by atoms with E-state index in [0.29, 0.717) is 6.61 Å². The number of benzene rings is 2. The summed E-state index contributed by atoms with van der Waals surface area (Å²) in [5.74, 6) is 1.98. The summed E-state index contributed by atoms with van der Waals surface area (Å²) in [4.78, 5) is 1.28. The van der Waals surface area contributed by atoms with Gasteiger partial charge >= 0.3 is 0 Å². The molecular weight excluding hydrogens is 278 g/mol. The van der Waals surface area contributed by atoms with Crippen molar-refractivity contribution in [2.75, 3.05) is 17.7 Å². The highest BCUT2D eigenvalue weighted by Crippen LogP contribution is 2.28. The smallest absolute Gasteiger partial charge is 0.124 e. The Hall–Kier alpha value is -1.87. The molecule has 0 aliphatic rings. The van der Waals surface area contributed by atoms with Crippen molar-refractivity contribution in [3.05, 3.63) is 66.7 Å². The van der Waals surface area contributed by atoms with E-state index >= 15 is 0 Å². The van der Waals surface area contributed by atoms with Gasteiger partial charge in [-0.3, -0.25) is 0 Å². The molecule has 0 bridgehead atoms. The fourth-order valence-corrected chi connectivity index (χ4v) is 2.81. The number of hydrogen-bond donors (Lipinski definition) is 1. The van der Waals surface area contributed by atoms with Gasteiger partial charge in [0.2, 0.25) is 0 Å². The van der Waals surface area contributed by atoms with E-state index in [-0.39, 0.29) is 0 Å². The molecule has 2 rings (SSSR count). The number of hydrogen-bond acceptors (Lipinski definition) is 3. The molecule has 0 heterocycles. The van der Waals surface area contributed by atoms with E-state index in [1.54, 1.807) is 6.08 Å². The lowest BCUT2D eigenvalue weighted by atomic mass is 10.2. The molecule has 0 atom stereocenters. The first-order chi connectivity index (χ1) is 10.3. The predicted molar refractivity (Wildman–Crippen MR) is 92.3 cm³/mol. The minimum Gasteiger partial charge on any atom is -0.489 e. The van der Waals surface area contributed by atoms with Gasteiger partial charge in [-0.1, -0.05) is 49.9 Å². The molecule has 0 radical (unpaired) electrons. The second-order valence-corrected chi connectivity index (χ2v) is 5.80. The van der Waals surface area contributed by atoms with Crippen LogP contribution in [0.2, 0.25) is 0 Å². The summed E-state index contributed by atoms with van der Waals surface area (Å²) in [6.45, 7) is 7.13. The van der Waals surface area contributed by atoms with Gasteiger partial charge in [0.1, 0.15) is 12.4 Å². The lowest BCUT2D eigenvalue weighted by molar-refractivity contribution is 0.359. The first-order valence-electron chi connectivity index (χ1n) is 7.12. The Bertz CT molecular complexity index is 583. The molecule has 0 fully saturated rings. The third-order valence-corrected chi connectivity index (χ3v) is 3.94. The maximum Gasteiger partial charge on any atom is 0.124 e. The highest BCUT2D eigenvalue weighted by molar-refractivity contribution is 7.99. The minimum absolute atomic E-state index is 0.527. The largest absolute Gasteiger partial charge is 0.489 e. The minimum atomic E-state index is 0.527. The van der Waals surface area contributed by atoms with Gasteiger partial charge < -0.3 is 10.1 Å². The number of para-hydroxylation sites is 2. The molecule has 0 spiro atoms. The molecule has 0 amide bonds. The van der Waals surface area contributed by atoms with Crippen LogP contribution in [0.1, 0.15) is 12.5 Å². The molecule has 2 aromatic carbocycles. The van der Waals surface area contributed by atoms with Gasteiger partial charge in [-0.2, -0.15) is 0 Å². The second kappa shape index (κ2) is 8.42. The van der Waals surface area contributed by atoms with Gasteiger partial charge in [-0.15, -0.1) is 11.8 Å². The van der Waals surface area contributed by atoms with Crippen molar-refractivity contribution in [2.24, 2.45) is 0 Å². The Morgan fingerprint density at radius 3 is 2.71 bits per heavy atom. The summed E-state index contributed by atoms with van der Waals surface area (Å²) in [5, 5.41) is 3.50. The molecule has 110 valence electrons. The maximum absolute atomic E-state index is 5.69. The summed E-state index contributed by atoms with van der Waals surface area (Å²) < 4.78 is 5.69. The summed E-state index contributed by atoms with van der Waals surface area (Å²) in [5.41, 5.74) is 2.32. The number of ether oxygens (including phenoxy) is 1. The summed E-state index contributed by atoms with van der Waals surface area (Å²) >= 11 is 1.85. The monoisotopic (exact) mass is 299 g/mol. The fraction of sp³-hybridized carbons (Fsp3) is 0.222. The molecular formula is C18H21NOS. The molecule has 21 heavy (non-hydrogen) atoms. The Balaban J connectivity index is 2.08. The SMILES string of the molecule is C=CCOc1ccccc1CNc1ccccc1SCC. The second-order valence-electron chi connectivity index (χ2n) is 4.49. The van der Waals surface area contributed by atoms with Gasteiger partial charge in [0.15, 0.2) is 0 Å². The first kappa shape index (κ1) is 15.5. The molecule has 1 N–H and O–H groups in total.